The Morgan fingerprint density at radius 1 is 0.913 bits per heavy atom. The van der Waals surface area contributed by atoms with E-state index in [-0.39, 0.29) is 30.2 Å². The Morgan fingerprint density at radius 2 is 1.57 bits per heavy atom. The minimum Gasteiger partial charge on any atom is -0.465 e. The van der Waals surface area contributed by atoms with Crippen LogP contribution in [0.2, 0.25) is 0 Å². The van der Waals surface area contributed by atoms with Crippen LogP contribution >= 0.6 is 0 Å². The third kappa shape index (κ3) is 10.6. The van der Waals surface area contributed by atoms with Gasteiger partial charge < -0.3 is 30.0 Å². The number of hydrogen-bond acceptors (Lipinski definition) is 10. The van der Waals surface area contributed by atoms with Gasteiger partial charge >= 0.3 is 5.97 Å². The van der Waals surface area contributed by atoms with Crippen LogP contribution in [0.1, 0.15) is 137 Å². The average Bonchev–Trinajstić information content (AvgIpc) is 3.70. The Labute approximate surface area is 276 Å². The van der Waals surface area contributed by atoms with Crippen LogP contribution in [0.3, 0.4) is 0 Å². The van der Waals surface area contributed by atoms with E-state index >= 15 is 0 Å². The van der Waals surface area contributed by atoms with Gasteiger partial charge in [0, 0.05) is 6.54 Å². The van der Waals surface area contributed by atoms with Crippen molar-refractivity contribution in [2.24, 2.45) is 5.92 Å². The van der Waals surface area contributed by atoms with Gasteiger partial charge in [-0.2, -0.15) is 0 Å². The van der Waals surface area contributed by atoms with Crippen LogP contribution in [-0.4, -0.2) is 69.3 Å². The van der Waals surface area contributed by atoms with Crippen LogP contribution in [0.25, 0.3) is 11.2 Å². The van der Waals surface area contributed by atoms with E-state index in [4.69, 9.17) is 24.7 Å². The Balaban J connectivity index is 1.12. The number of fused-ring (bicyclic) bond motifs is 2. The molecule has 0 radical (unpaired) electrons. The summed E-state index contributed by atoms with van der Waals surface area (Å²) in [6, 6.07) is 0. The maximum absolute atomic E-state index is 12.9. The van der Waals surface area contributed by atoms with Crippen LogP contribution in [0, 0.1) is 5.92 Å². The van der Waals surface area contributed by atoms with Crippen LogP contribution in [0.15, 0.2) is 12.7 Å². The molecule has 4 rings (SSSR count). The summed E-state index contributed by atoms with van der Waals surface area (Å²) in [7, 11) is 0. The standard InChI is InChI=1S/C35H60N6O5/c1-5-7-9-11-12-16-20-26(19-15-10-8-6-2)34(42)43-22-18-14-13-17-21-37-23-27-29-30(46-35(3,4)45-29)33(44-27)41-25-40-28-31(36)38-24-39-32(28)41/h24-27,29-30,33,37H,5-23H2,1-4H3,(H2,36,38,39)/t26?,27-,29-,30-,33-/m1/s1. The van der Waals surface area contributed by atoms with E-state index in [1.165, 1.54) is 57.7 Å². The fourth-order valence-electron chi connectivity index (χ4n) is 6.71. The van der Waals surface area contributed by atoms with E-state index in [2.05, 4.69) is 34.1 Å². The van der Waals surface area contributed by atoms with Gasteiger partial charge in [-0.15, -0.1) is 0 Å². The van der Waals surface area contributed by atoms with Gasteiger partial charge in [-0.05, 0) is 46.1 Å². The lowest BCUT2D eigenvalue weighted by molar-refractivity contribution is -0.195. The number of nitrogen functional groups attached to an aromatic ring is 1. The van der Waals surface area contributed by atoms with Crippen molar-refractivity contribution in [1.82, 2.24) is 24.8 Å². The summed E-state index contributed by atoms with van der Waals surface area (Å²) < 4.78 is 26.6. The van der Waals surface area contributed by atoms with Gasteiger partial charge in [-0.3, -0.25) is 9.36 Å². The molecule has 1 unspecified atom stereocenters. The lowest BCUT2D eigenvalue weighted by Gasteiger charge is -2.25. The molecule has 11 nitrogen and oxygen atoms in total. The third-order valence-corrected chi connectivity index (χ3v) is 9.27. The van der Waals surface area contributed by atoms with Gasteiger partial charge in [-0.25, -0.2) is 15.0 Å². The molecule has 0 saturated carbocycles. The highest BCUT2D eigenvalue weighted by molar-refractivity contribution is 5.81. The van der Waals surface area contributed by atoms with Crippen LogP contribution in [0.5, 0.6) is 0 Å². The topological polar surface area (TPSA) is 136 Å². The Hall–Kier alpha value is -2.34. The Morgan fingerprint density at radius 3 is 2.33 bits per heavy atom. The first-order valence-electron chi connectivity index (χ1n) is 18.2. The second-order valence-electron chi connectivity index (χ2n) is 13.6. The summed E-state index contributed by atoms with van der Waals surface area (Å²) in [6.07, 6.45) is 20.4. The van der Waals surface area contributed by atoms with E-state index in [1.54, 1.807) is 6.33 Å². The van der Waals surface area contributed by atoms with E-state index in [0.29, 0.717) is 30.1 Å². The van der Waals surface area contributed by atoms with Crippen molar-refractivity contribution in [3.05, 3.63) is 12.7 Å². The van der Waals surface area contributed by atoms with Crippen molar-refractivity contribution < 1.29 is 23.7 Å². The summed E-state index contributed by atoms with van der Waals surface area (Å²) in [5.74, 6) is -0.264. The van der Waals surface area contributed by atoms with Crippen LogP contribution in [-0.2, 0) is 23.7 Å². The number of imidazole rings is 1. The minimum atomic E-state index is -0.702. The number of nitrogens with one attached hydrogen (secondary N) is 1. The lowest BCUT2D eigenvalue weighted by atomic mass is 9.94. The molecule has 0 amide bonds. The van der Waals surface area contributed by atoms with Gasteiger partial charge in [-0.1, -0.05) is 90.9 Å². The molecule has 2 aliphatic heterocycles. The van der Waals surface area contributed by atoms with Gasteiger partial charge in [0.15, 0.2) is 23.5 Å². The van der Waals surface area contributed by atoms with E-state index < -0.39 is 12.0 Å². The predicted molar refractivity (Wildman–Crippen MR) is 180 cm³/mol. The normalized spacial score (nSPS) is 22.8. The number of ether oxygens (including phenoxy) is 4. The second kappa shape index (κ2) is 18.9. The molecule has 0 aliphatic carbocycles. The smallest absolute Gasteiger partial charge is 0.308 e. The fourth-order valence-corrected chi connectivity index (χ4v) is 6.71. The molecule has 2 saturated heterocycles. The number of carbonyl (C=O) groups excluding carboxylic acids is 1. The summed E-state index contributed by atoms with van der Waals surface area (Å²) in [6.45, 7) is 10.4. The average molecular weight is 645 g/mol. The molecule has 4 heterocycles. The molecule has 2 aromatic rings. The zero-order valence-corrected chi connectivity index (χ0v) is 28.9. The highest BCUT2D eigenvalue weighted by atomic mass is 16.8. The summed E-state index contributed by atoms with van der Waals surface area (Å²) in [5.41, 5.74) is 7.17. The molecular formula is C35H60N6O5. The maximum atomic E-state index is 12.9. The molecule has 2 fully saturated rings. The number of aromatic nitrogens is 4. The largest absolute Gasteiger partial charge is 0.465 e. The molecular weight excluding hydrogens is 584 g/mol. The van der Waals surface area contributed by atoms with Crippen LogP contribution in [0.4, 0.5) is 5.82 Å². The van der Waals surface area contributed by atoms with Crippen LogP contribution < -0.4 is 11.1 Å². The molecule has 260 valence electrons. The zero-order valence-electron chi connectivity index (χ0n) is 28.9. The first-order valence-corrected chi connectivity index (χ1v) is 18.2. The van der Waals surface area contributed by atoms with E-state index in [9.17, 15) is 4.79 Å². The highest BCUT2D eigenvalue weighted by Gasteiger charge is 2.56. The highest BCUT2D eigenvalue weighted by Crippen LogP contribution is 2.43. The quantitative estimate of drug-likeness (QED) is 0.0976. The Kier molecular flexibility index (Phi) is 15.0. The maximum Gasteiger partial charge on any atom is 0.308 e. The minimum absolute atomic E-state index is 0.0285. The van der Waals surface area contributed by atoms with E-state index in [1.807, 2.05) is 18.4 Å². The van der Waals surface area contributed by atoms with Crippen molar-refractivity contribution >= 4 is 23.0 Å². The number of anilines is 1. The van der Waals surface area contributed by atoms with Gasteiger partial charge in [0.1, 0.15) is 30.2 Å². The number of carbonyl (C=O) groups is 1. The van der Waals surface area contributed by atoms with Gasteiger partial charge in [0.25, 0.3) is 0 Å². The fraction of sp³-hybridized carbons (Fsp3) is 0.829. The zero-order chi connectivity index (χ0) is 32.8. The number of unbranched alkanes of at least 4 members (excludes halogenated alkanes) is 11. The number of esters is 1. The van der Waals surface area contributed by atoms with Crippen molar-refractivity contribution in [2.75, 3.05) is 25.4 Å². The predicted octanol–water partition coefficient (Wildman–Crippen LogP) is 6.86. The van der Waals surface area contributed by atoms with Crippen molar-refractivity contribution in [3.63, 3.8) is 0 Å². The molecule has 5 atom stereocenters. The summed E-state index contributed by atoms with van der Waals surface area (Å²) >= 11 is 0. The summed E-state index contributed by atoms with van der Waals surface area (Å²) in [5, 5.41) is 3.55. The lowest BCUT2D eigenvalue weighted by Crippen LogP contribution is -2.37. The van der Waals surface area contributed by atoms with Crippen molar-refractivity contribution in [1.29, 1.82) is 0 Å². The number of hydrogen-bond donors (Lipinski definition) is 2. The molecule has 2 aliphatic rings. The second-order valence-corrected chi connectivity index (χ2v) is 13.6. The monoisotopic (exact) mass is 644 g/mol. The molecule has 2 aromatic heterocycles. The molecule has 0 spiro atoms. The summed E-state index contributed by atoms with van der Waals surface area (Å²) in [4.78, 5) is 25.7. The molecule has 11 heteroatoms. The van der Waals surface area contributed by atoms with E-state index in [0.717, 1.165) is 57.9 Å². The molecule has 3 N–H and O–H groups in total. The van der Waals surface area contributed by atoms with Gasteiger partial charge in [0.2, 0.25) is 0 Å². The third-order valence-electron chi connectivity index (χ3n) is 9.27. The van der Waals surface area contributed by atoms with Gasteiger partial charge in [0.05, 0.1) is 18.9 Å². The Bertz CT molecular complexity index is 1180. The molecule has 46 heavy (non-hydrogen) atoms. The first kappa shape index (κ1) is 36.5. The SMILES string of the molecule is CCCCCCCCC(CCCCCC)C(=O)OCCCCCCNC[C@H]1O[C@@H](n2cnc3c(N)ncnc32)[C@@H]2OC(C)(C)O[C@@H]21. The first-order chi connectivity index (χ1) is 22.3. The molecule has 0 bridgehead atoms. The molecule has 0 aromatic carbocycles. The van der Waals surface area contributed by atoms with Crippen molar-refractivity contribution in [3.8, 4) is 0 Å². The number of rotatable bonds is 23. The number of nitrogens with zero attached hydrogens (tertiary/aromatic N) is 4. The number of nitrogens with two attached hydrogens (primary N) is 1. The van der Waals surface area contributed by atoms with Crippen molar-refractivity contribution in [2.45, 2.75) is 161 Å².